The monoisotopic (exact) mass is 243 g/mol. The Balaban J connectivity index is 1.69. The summed E-state index contributed by atoms with van der Waals surface area (Å²) < 4.78 is 5.27. The molecule has 92 valence electrons. The maximum atomic E-state index is 11.5. The highest BCUT2D eigenvalue weighted by Crippen LogP contribution is 2.18. The molecule has 1 aromatic heterocycles. The van der Waals surface area contributed by atoms with Crippen molar-refractivity contribution in [2.75, 3.05) is 13.1 Å². The van der Waals surface area contributed by atoms with Gasteiger partial charge in [0.05, 0.1) is 19.2 Å². The molecule has 0 unspecified atom stereocenters. The van der Waals surface area contributed by atoms with Crippen molar-refractivity contribution >= 4 is 22.7 Å². The number of hydrogen-bond acceptors (Lipinski definition) is 3. The lowest BCUT2D eigenvalue weighted by molar-refractivity contribution is -0.127. The van der Waals surface area contributed by atoms with Gasteiger partial charge in [-0.05, 0) is 30.2 Å². The number of likely N-dealkylation sites (tertiary alicyclic amines) is 1. The van der Waals surface area contributed by atoms with Crippen molar-refractivity contribution in [3.05, 3.63) is 36.1 Å². The van der Waals surface area contributed by atoms with Crippen LogP contribution in [-0.2, 0) is 16.0 Å². The Morgan fingerprint density at radius 2 is 2.11 bits per heavy atom. The molecule has 0 aliphatic carbocycles. The van der Waals surface area contributed by atoms with E-state index in [1.807, 2.05) is 18.2 Å². The lowest BCUT2D eigenvalue weighted by atomic mass is 10.1. The number of Topliss-reactive ketones (excluding diaryl/α,β-unsaturated/α-hetero) is 1. The standard InChI is InChI=1S/C14H13NO3/c16-12-8-14(17)15(9-12)5-3-10-1-2-13-11(7-10)4-6-18-13/h1-2,4,6-7H,3,5,8-9H2. The first-order valence-electron chi connectivity index (χ1n) is 5.98. The largest absolute Gasteiger partial charge is 0.464 e. The van der Waals surface area contributed by atoms with Gasteiger partial charge in [-0.3, -0.25) is 9.59 Å². The Morgan fingerprint density at radius 1 is 1.22 bits per heavy atom. The topological polar surface area (TPSA) is 50.5 Å². The number of ketones is 1. The van der Waals surface area contributed by atoms with Crippen LogP contribution < -0.4 is 0 Å². The summed E-state index contributed by atoms with van der Waals surface area (Å²) in [5.74, 6) is -0.0327. The van der Waals surface area contributed by atoms with Crippen LogP contribution in [0, 0.1) is 0 Å². The van der Waals surface area contributed by atoms with Gasteiger partial charge in [-0.15, -0.1) is 0 Å². The van der Waals surface area contributed by atoms with Crippen LogP contribution in [0.4, 0.5) is 0 Å². The summed E-state index contributed by atoms with van der Waals surface area (Å²) in [5.41, 5.74) is 2.02. The van der Waals surface area contributed by atoms with E-state index in [-0.39, 0.29) is 24.7 Å². The van der Waals surface area contributed by atoms with Crippen molar-refractivity contribution < 1.29 is 14.0 Å². The highest BCUT2D eigenvalue weighted by Gasteiger charge is 2.26. The molecule has 0 spiro atoms. The Labute approximate surface area is 104 Å². The minimum atomic E-state index is -0.0515. The van der Waals surface area contributed by atoms with Crippen LogP contribution in [0.25, 0.3) is 11.0 Å². The number of carbonyl (C=O) groups excluding carboxylic acids is 2. The van der Waals surface area contributed by atoms with E-state index in [1.54, 1.807) is 11.2 Å². The molecule has 0 atom stereocenters. The molecule has 3 rings (SSSR count). The van der Waals surface area contributed by atoms with Crippen LogP contribution in [0.15, 0.2) is 34.9 Å². The van der Waals surface area contributed by atoms with Crippen LogP contribution in [0.3, 0.4) is 0 Å². The lowest BCUT2D eigenvalue weighted by Crippen LogP contribution is -2.27. The van der Waals surface area contributed by atoms with Crippen LogP contribution in [0.1, 0.15) is 12.0 Å². The van der Waals surface area contributed by atoms with E-state index in [0.29, 0.717) is 6.54 Å². The van der Waals surface area contributed by atoms with Crippen LogP contribution in [0.5, 0.6) is 0 Å². The van der Waals surface area contributed by atoms with Crippen LogP contribution >= 0.6 is 0 Å². The Morgan fingerprint density at radius 3 is 2.89 bits per heavy atom. The van der Waals surface area contributed by atoms with Gasteiger partial charge < -0.3 is 9.32 Å². The molecule has 2 aromatic rings. The highest BCUT2D eigenvalue weighted by molar-refractivity contribution is 6.05. The predicted octanol–water partition coefficient (Wildman–Crippen LogP) is 1.78. The zero-order valence-electron chi connectivity index (χ0n) is 9.89. The van der Waals surface area contributed by atoms with E-state index < -0.39 is 0 Å². The van der Waals surface area contributed by atoms with Crippen LogP contribution in [-0.4, -0.2) is 29.7 Å². The number of furan rings is 1. The third-order valence-corrected chi connectivity index (χ3v) is 3.26. The zero-order valence-corrected chi connectivity index (χ0v) is 9.89. The van der Waals surface area contributed by atoms with E-state index in [9.17, 15) is 9.59 Å². The van der Waals surface area contributed by atoms with Gasteiger partial charge in [-0.2, -0.15) is 0 Å². The summed E-state index contributed by atoms with van der Waals surface area (Å²) in [6, 6.07) is 7.90. The summed E-state index contributed by atoms with van der Waals surface area (Å²) in [7, 11) is 0. The molecule has 0 bridgehead atoms. The second-order valence-electron chi connectivity index (χ2n) is 4.57. The van der Waals surface area contributed by atoms with Gasteiger partial charge in [0.1, 0.15) is 5.58 Å². The first-order valence-corrected chi connectivity index (χ1v) is 5.98. The average Bonchev–Trinajstić information content (AvgIpc) is 2.92. The molecule has 18 heavy (non-hydrogen) atoms. The number of rotatable bonds is 3. The quantitative estimate of drug-likeness (QED) is 0.772. The molecule has 0 radical (unpaired) electrons. The minimum Gasteiger partial charge on any atom is -0.464 e. The van der Waals surface area contributed by atoms with Gasteiger partial charge in [-0.25, -0.2) is 0 Å². The summed E-state index contributed by atoms with van der Waals surface area (Å²) in [5, 5.41) is 1.07. The van der Waals surface area contributed by atoms with E-state index >= 15 is 0 Å². The fourth-order valence-corrected chi connectivity index (χ4v) is 2.28. The van der Waals surface area contributed by atoms with Gasteiger partial charge in [0.15, 0.2) is 5.78 Å². The number of amides is 1. The predicted molar refractivity (Wildman–Crippen MR) is 66.1 cm³/mol. The second-order valence-corrected chi connectivity index (χ2v) is 4.57. The maximum Gasteiger partial charge on any atom is 0.230 e. The van der Waals surface area contributed by atoms with E-state index in [4.69, 9.17) is 4.42 Å². The Kier molecular flexibility index (Phi) is 2.63. The Bertz CT molecular complexity index is 614. The highest BCUT2D eigenvalue weighted by atomic mass is 16.3. The van der Waals surface area contributed by atoms with Crippen molar-refractivity contribution in [1.29, 1.82) is 0 Å². The summed E-state index contributed by atoms with van der Waals surface area (Å²) in [4.78, 5) is 24.2. The number of fused-ring (bicyclic) bond motifs is 1. The molecule has 1 amide bonds. The fourth-order valence-electron chi connectivity index (χ4n) is 2.28. The molecule has 2 heterocycles. The number of benzene rings is 1. The molecule has 0 N–H and O–H groups in total. The third-order valence-electron chi connectivity index (χ3n) is 3.26. The SMILES string of the molecule is O=C1CC(=O)N(CCc2ccc3occc3c2)C1. The van der Waals surface area contributed by atoms with Crippen molar-refractivity contribution in [3.8, 4) is 0 Å². The Hall–Kier alpha value is -2.10. The lowest BCUT2D eigenvalue weighted by Gasteiger charge is -2.14. The number of nitrogens with zero attached hydrogens (tertiary/aromatic N) is 1. The number of hydrogen-bond donors (Lipinski definition) is 0. The van der Waals surface area contributed by atoms with E-state index in [0.717, 1.165) is 23.0 Å². The summed E-state index contributed by atoms with van der Waals surface area (Å²) >= 11 is 0. The first kappa shape index (κ1) is 11.0. The summed E-state index contributed by atoms with van der Waals surface area (Å²) in [6.45, 7) is 0.876. The van der Waals surface area contributed by atoms with Crippen molar-refractivity contribution in [2.45, 2.75) is 12.8 Å². The molecule has 0 saturated carbocycles. The molecule has 1 aliphatic rings. The van der Waals surface area contributed by atoms with Gasteiger partial charge >= 0.3 is 0 Å². The zero-order chi connectivity index (χ0) is 12.5. The molecule has 1 aromatic carbocycles. The minimum absolute atomic E-state index is 0.0188. The summed E-state index contributed by atoms with van der Waals surface area (Å²) in [6.07, 6.45) is 2.50. The molecule has 1 saturated heterocycles. The van der Waals surface area contributed by atoms with Gasteiger partial charge in [-0.1, -0.05) is 6.07 Å². The van der Waals surface area contributed by atoms with Gasteiger partial charge in [0, 0.05) is 11.9 Å². The third kappa shape index (κ3) is 2.01. The number of carbonyl (C=O) groups is 2. The second kappa shape index (κ2) is 4.29. The van der Waals surface area contributed by atoms with Crippen molar-refractivity contribution in [3.63, 3.8) is 0 Å². The smallest absolute Gasteiger partial charge is 0.230 e. The average molecular weight is 243 g/mol. The van der Waals surface area contributed by atoms with Crippen molar-refractivity contribution in [1.82, 2.24) is 4.90 Å². The van der Waals surface area contributed by atoms with Gasteiger partial charge in [0.25, 0.3) is 0 Å². The maximum absolute atomic E-state index is 11.5. The van der Waals surface area contributed by atoms with Gasteiger partial charge in [0.2, 0.25) is 5.91 Å². The molecular weight excluding hydrogens is 230 g/mol. The molecule has 4 heteroatoms. The fraction of sp³-hybridized carbons (Fsp3) is 0.286. The van der Waals surface area contributed by atoms with E-state index in [2.05, 4.69) is 6.07 Å². The molecule has 4 nitrogen and oxygen atoms in total. The van der Waals surface area contributed by atoms with E-state index in [1.165, 1.54) is 0 Å². The molecule has 1 fully saturated rings. The molecular formula is C14H13NO3. The molecule has 1 aliphatic heterocycles. The first-order chi connectivity index (χ1) is 8.72. The normalized spacial score (nSPS) is 15.9. The van der Waals surface area contributed by atoms with Crippen LogP contribution in [0.2, 0.25) is 0 Å². The van der Waals surface area contributed by atoms with Crippen molar-refractivity contribution in [2.24, 2.45) is 0 Å².